The molecule has 0 aromatic carbocycles. The Balaban J connectivity index is 0.000000370. The summed E-state index contributed by atoms with van der Waals surface area (Å²) >= 11 is 0. The van der Waals surface area contributed by atoms with Gasteiger partial charge in [-0.15, -0.1) is 10.2 Å². The second-order valence-corrected chi connectivity index (χ2v) is 7.48. The van der Waals surface area contributed by atoms with E-state index in [0.717, 1.165) is 25.7 Å². The van der Waals surface area contributed by atoms with Crippen LogP contribution in [0.2, 0.25) is 0 Å². The van der Waals surface area contributed by atoms with Gasteiger partial charge in [0, 0.05) is 17.9 Å². The Morgan fingerprint density at radius 2 is 1.24 bits per heavy atom. The lowest BCUT2D eigenvalue weighted by atomic mass is 9.81. The zero-order valence-corrected chi connectivity index (χ0v) is 15.5. The summed E-state index contributed by atoms with van der Waals surface area (Å²) in [6.45, 7) is 0. The van der Waals surface area contributed by atoms with Gasteiger partial charge in [0.2, 0.25) is 11.8 Å². The Kier molecular flexibility index (Phi) is 7.52. The molecule has 0 amide bonds. The van der Waals surface area contributed by atoms with Gasteiger partial charge in [-0.3, -0.25) is 0 Å². The van der Waals surface area contributed by atoms with E-state index in [4.69, 9.17) is 20.1 Å². The number of nitrogens with zero attached hydrogens (tertiary/aromatic N) is 2. The van der Waals surface area contributed by atoms with Crippen LogP contribution in [-0.2, 0) is 4.79 Å². The van der Waals surface area contributed by atoms with Crippen molar-refractivity contribution < 1.29 is 40.7 Å². The van der Waals surface area contributed by atoms with Gasteiger partial charge in [-0.25, -0.2) is 4.79 Å². The lowest BCUT2D eigenvalue weighted by Gasteiger charge is -2.28. The van der Waals surface area contributed by atoms with Gasteiger partial charge < -0.3 is 15.3 Å². The monoisotopic (exact) mass is 431 g/mol. The fourth-order valence-corrected chi connectivity index (χ4v) is 3.61. The lowest BCUT2D eigenvalue weighted by molar-refractivity contribution is -0.192. The van der Waals surface area contributed by atoms with Crippen molar-refractivity contribution in [3.63, 3.8) is 0 Å². The first-order valence-electron chi connectivity index (χ1n) is 9.33. The molecular formula is C17H23F6N3O3. The Labute approximate surface area is 162 Å². The van der Waals surface area contributed by atoms with Gasteiger partial charge in [0.05, 0.1) is 5.92 Å². The molecule has 0 radical (unpaired) electrons. The molecule has 0 unspecified atom stereocenters. The van der Waals surface area contributed by atoms with E-state index in [2.05, 4.69) is 10.2 Å². The standard InChI is InChI=1S/C15H22F3N3O.C2HF3O2/c16-15(17,18)11-5-1-9(2-6-11)13-20-21-14(22-13)10-3-7-12(19)8-4-10;3-2(4,5)1(6)7/h9-12H,1-8,19H2;(H,6,7). The van der Waals surface area contributed by atoms with Crippen LogP contribution in [0.25, 0.3) is 0 Å². The molecule has 1 aromatic heterocycles. The van der Waals surface area contributed by atoms with Crippen molar-refractivity contribution in [3.8, 4) is 0 Å². The van der Waals surface area contributed by atoms with Crippen LogP contribution in [0.3, 0.4) is 0 Å². The van der Waals surface area contributed by atoms with Crippen molar-refractivity contribution in [1.29, 1.82) is 0 Å². The summed E-state index contributed by atoms with van der Waals surface area (Å²) in [6, 6.07) is 0.260. The largest absolute Gasteiger partial charge is 0.490 e. The zero-order chi connectivity index (χ0) is 21.8. The zero-order valence-electron chi connectivity index (χ0n) is 15.5. The van der Waals surface area contributed by atoms with Crippen LogP contribution >= 0.6 is 0 Å². The highest BCUT2D eigenvalue weighted by molar-refractivity contribution is 5.73. The van der Waals surface area contributed by atoms with E-state index in [9.17, 15) is 26.3 Å². The number of halogens is 6. The molecule has 0 saturated heterocycles. The second kappa shape index (κ2) is 9.31. The minimum absolute atomic E-state index is 0.0225. The van der Waals surface area contributed by atoms with Crippen LogP contribution in [0.4, 0.5) is 26.3 Å². The molecule has 2 saturated carbocycles. The molecule has 0 aliphatic heterocycles. The lowest BCUT2D eigenvalue weighted by Crippen LogP contribution is -2.27. The molecule has 29 heavy (non-hydrogen) atoms. The van der Waals surface area contributed by atoms with Crippen molar-refractivity contribution in [2.45, 2.75) is 81.6 Å². The topological polar surface area (TPSA) is 102 Å². The van der Waals surface area contributed by atoms with Crippen LogP contribution in [-0.4, -0.2) is 39.7 Å². The third-order valence-electron chi connectivity index (χ3n) is 5.36. The number of aliphatic carboxylic acids is 1. The van der Waals surface area contributed by atoms with Gasteiger partial charge in [-0.2, -0.15) is 26.3 Å². The Morgan fingerprint density at radius 1 is 0.862 bits per heavy atom. The minimum atomic E-state index is -5.08. The average molecular weight is 431 g/mol. The minimum Gasteiger partial charge on any atom is -0.475 e. The van der Waals surface area contributed by atoms with E-state index in [-0.39, 0.29) is 30.7 Å². The smallest absolute Gasteiger partial charge is 0.475 e. The number of aromatic nitrogens is 2. The van der Waals surface area contributed by atoms with Crippen LogP contribution < -0.4 is 5.73 Å². The average Bonchev–Trinajstić information content (AvgIpc) is 3.11. The summed E-state index contributed by atoms with van der Waals surface area (Å²) in [5, 5.41) is 15.3. The molecule has 2 aliphatic rings. The predicted molar refractivity (Wildman–Crippen MR) is 87.9 cm³/mol. The third-order valence-corrected chi connectivity index (χ3v) is 5.36. The summed E-state index contributed by atoms with van der Waals surface area (Å²) in [5.74, 6) is -2.54. The Hall–Kier alpha value is -1.85. The maximum Gasteiger partial charge on any atom is 0.490 e. The fraction of sp³-hybridized carbons (Fsp3) is 0.824. The van der Waals surface area contributed by atoms with Gasteiger partial charge in [0.25, 0.3) is 0 Å². The molecule has 2 aliphatic carbocycles. The fourth-order valence-electron chi connectivity index (χ4n) is 3.61. The molecule has 166 valence electrons. The summed E-state index contributed by atoms with van der Waals surface area (Å²) in [7, 11) is 0. The van der Waals surface area contributed by atoms with Gasteiger partial charge in [-0.05, 0) is 51.4 Å². The number of hydrogen-bond donors (Lipinski definition) is 2. The summed E-state index contributed by atoms with van der Waals surface area (Å²) in [6.07, 6.45) is -4.09. The van der Waals surface area contributed by atoms with Crippen LogP contribution in [0.1, 0.15) is 75.0 Å². The first kappa shape index (κ1) is 23.4. The number of nitrogens with two attached hydrogens (primary N) is 1. The van der Waals surface area contributed by atoms with Crippen molar-refractivity contribution in [1.82, 2.24) is 10.2 Å². The van der Waals surface area contributed by atoms with E-state index in [1.54, 1.807) is 0 Å². The van der Waals surface area contributed by atoms with Crippen LogP contribution in [0.15, 0.2) is 4.42 Å². The maximum absolute atomic E-state index is 12.7. The summed E-state index contributed by atoms with van der Waals surface area (Å²) in [4.78, 5) is 8.90. The molecule has 3 rings (SSSR count). The molecule has 1 heterocycles. The van der Waals surface area contributed by atoms with Gasteiger partial charge >= 0.3 is 18.3 Å². The van der Waals surface area contributed by atoms with Gasteiger partial charge in [0.15, 0.2) is 0 Å². The number of hydrogen-bond acceptors (Lipinski definition) is 5. The summed E-state index contributed by atoms with van der Waals surface area (Å²) in [5.41, 5.74) is 5.89. The van der Waals surface area contributed by atoms with Crippen LogP contribution in [0, 0.1) is 5.92 Å². The van der Waals surface area contributed by atoms with E-state index < -0.39 is 24.2 Å². The van der Waals surface area contributed by atoms with E-state index in [1.165, 1.54) is 0 Å². The normalized spacial score (nSPS) is 28.4. The highest BCUT2D eigenvalue weighted by Gasteiger charge is 2.42. The Morgan fingerprint density at radius 3 is 1.59 bits per heavy atom. The second-order valence-electron chi connectivity index (χ2n) is 7.48. The molecule has 1 aromatic rings. The number of carboxylic acids is 1. The van der Waals surface area contributed by atoms with Crippen molar-refractivity contribution in [2.75, 3.05) is 0 Å². The van der Waals surface area contributed by atoms with Gasteiger partial charge in [-0.1, -0.05) is 0 Å². The molecule has 2 fully saturated rings. The van der Waals surface area contributed by atoms with Gasteiger partial charge in [0.1, 0.15) is 0 Å². The molecule has 12 heteroatoms. The maximum atomic E-state index is 12.7. The van der Waals surface area contributed by atoms with E-state index >= 15 is 0 Å². The molecule has 0 spiro atoms. The van der Waals surface area contributed by atoms with Crippen molar-refractivity contribution in [3.05, 3.63) is 11.8 Å². The first-order chi connectivity index (χ1) is 13.4. The molecule has 0 atom stereocenters. The molecular weight excluding hydrogens is 408 g/mol. The number of carbonyl (C=O) groups is 1. The highest BCUT2D eigenvalue weighted by Crippen LogP contribution is 2.43. The third kappa shape index (κ3) is 6.86. The predicted octanol–water partition coefficient (Wildman–Crippen LogP) is 4.52. The van der Waals surface area contributed by atoms with E-state index in [0.29, 0.717) is 24.6 Å². The number of rotatable bonds is 2. The SMILES string of the molecule is NC1CCC(c2nnc(C3CCC(C(F)(F)F)CC3)o2)CC1.O=C(O)C(F)(F)F. The molecule has 3 N–H and O–H groups in total. The quantitative estimate of drug-likeness (QED) is 0.668. The highest BCUT2D eigenvalue weighted by atomic mass is 19.4. The molecule has 6 nitrogen and oxygen atoms in total. The molecule has 0 bridgehead atoms. The Bertz CT molecular complexity index is 660. The first-order valence-corrected chi connectivity index (χ1v) is 9.33. The summed E-state index contributed by atoms with van der Waals surface area (Å²) < 4.78 is 75.6. The van der Waals surface area contributed by atoms with Crippen LogP contribution in [0.5, 0.6) is 0 Å². The van der Waals surface area contributed by atoms with Crippen molar-refractivity contribution >= 4 is 5.97 Å². The number of alkyl halides is 6. The van der Waals surface area contributed by atoms with Crippen molar-refractivity contribution in [2.24, 2.45) is 11.7 Å². The number of carboxylic acid groups (broad SMARTS) is 1. The van der Waals surface area contributed by atoms with E-state index in [1.807, 2.05) is 0 Å².